The molecule has 2 fully saturated rings. The van der Waals surface area contributed by atoms with E-state index in [9.17, 15) is 0 Å². The van der Waals surface area contributed by atoms with Gasteiger partial charge in [0.25, 0.3) is 0 Å². The fourth-order valence-electron chi connectivity index (χ4n) is 3.66. The molecule has 1 aliphatic carbocycles. The monoisotopic (exact) mass is 350 g/mol. The quantitative estimate of drug-likeness (QED) is 0.883. The van der Waals surface area contributed by atoms with E-state index in [2.05, 4.69) is 44.3 Å². The average Bonchev–Trinajstić information content (AvgIpc) is 3.04. The van der Waals surface area contributed by atoms with Crippen LogP contribution in [0.4, 0.5) is 0 Å². The van der Waals surface area contributed by atoms with Crippen molar-refractivity contribution in [3.63, 3.8) is 0 Å². The number of hydrogen-bond acceptors (Lipinski definition) is 3. The van der Waals surface area contributed by atoms with Gasteiger partial charge >= 0.3 is 0 Å². The molecule has 1 saturated heterocycles. The van der Waals surface area contributed by atoms with E-state index in [1.807, 2.05) is 0 Å². The van der Waals surface area contributed by atoms with Gasteiger partial charge in [-0.05, 0) is 56.0 Å². The van der Waals surface area contributed by atoms with Crippen molar-refractivity contribution >= 4 is 15.9 Å². The third kappa shape index (κ3) is 3.27. The Morgan fingerprint density at radius 1 is 1.24 bits per heavy atom. The minimum Gasteiger partial charge on any atom is -0.488 e. The van der Waals surface area contributed by atoms with E-state index in [-0.39, 0.29) is 0 Å². The van der Waals surface area contributed by atoms with Crippen molar-refractivity contribution in [1.29, 1.82) is 0 Å². The summed E-state index contributed by atoms with van der Waals surface area (Å²) in [7, 11) is 0. The molecule has 2 atom stereocenters. The molecule has 1 aromatic carbocycles. The first-order valence-electron chi connectivity index (χ1n) is 8.20. The highest BCUT2D eigenvalue weighted by Crippen LogP contribution is 2.33. The molecule has 0 spiro atoms. The van der Waals surface area contributed by atoms with Crippen LogP contribution in [0.15, 0.2) is 22.7 Å². The molecule has 1 saturated carbocycles. The zero-order chi connectivity index (χ0) is 14.2. The maximum absolute atomic E-state index is 6.15. The van der Waals surface area contributed by atoms with Gasteiger partial charge in [-0.2, -0.15) is 0 Å². The van der Waals surface area contributed by atoms with Crippen LogP contribution in [-0.4, -0.2) is 42.7 Å². The van der Waals surface area contributed by atoms with E-state index in [1.54, 1.807) is 0 Å². The van der Waals surface area contributed by atoms with E-state index in [1.165, 1.54) is 44.3 Å². The van der Waals surface area contributed by atoms with E-state index in [0.29, 0.717) is 12.1 Å². The average molecular weight is 351 g/mol. The molecule has 0 radical (unpaired) electrons. The minimum atomic E-state index is 0.330. The van der Waals surface area contributed by atoms with Crippen molar-refractivity contribution in [3.05, 3.63) is 28.2 Å². The SMILES string of the molecule is Brc1ccc2c(c1)CC(CN(CC1CCCN1)C1CC1)O2. The van der Waals surface area contributed by atoms with Crippen molar-refractivity contribution in [2.45, 2.75) is 50.3 Å². The summed E-state index contributed by atoms with van der Waals surface area (Å²) in [4.78, 5) is 2.68. The highest BCUT2D eigenvalue weighted by molar-refractivity contribution is 9.10. The predicted molar refractivity (Wildman–Crippen MR) is 87.9 cm³/mol. The van der Waals surface area contributed by atoms with Crippen LogP contribution in [-0.2, 0) is 6.42 Å². The molecule has 3 aliphatic rings. The molecule has 2 heterocycles. The van der Waals surface area contributed by atoms with Gasteiger partial charge in [0, 0.05) is 36.1 Å². The molecule has 2 aliphatic heterocycles. The molecule has 0 aromatic heterocycles. The predicted octanol–water partition coefficient (Wildman–Crippen LogP) is 2.97. The van der Waals surface area contributed by atoms with Gasteiger partial charge in [-0.15, -0.1) is 0 Å². The number of benzene rings is 1. The Kier molecular flexibility index (Phi) is 3.94. The molecule has 21 heavy (non-hydrogen) atoms. The summed E-state index contributed by atoms with van der Waals surface area (Å²) in [5, 5.41) is 3.63. The highest BCUT2D eigenvalue weighted by Gasteiger charge is 2.34. The number of fused-ring (bicyclic) bond motifs is 1. The van der Waals surface area contributed by atoms with Crippen LogP contribution < -0.4 is 10.1 Å². The fraction of sp³-hybridized carbons (Fsp3) is 0.647. The number of ether oxygens (including phenoxy) is 1. The molecule has 4 heteroatoms. The van der Waals surface area contributed by atoms with Crippen LogP contribution >= 0.6 is 15.9 Å². The molecule has 3 nitrogen and oxygen atoms in total. The topological polar surface area (TPSA) is 24.5 Å². The Morgan fingerprint density at radius 2 is 2.14 bits per heavy atom. The summed E-state index contributed by atoms with van der Waals surface area (Å²) in [6.45, 7) is 3.47. The van der Waals surface area contributed by atoms with Crippen LogP contribution in [0.1, 0.15) is 31.2 Å². The minimum absolute atomic E-state index is 0.330. The number of halogens is 1. The maximum Gasteiger partial charge on any atom is 0.123 e. The van der Waals surface area contributed by atoms with Crippen LogP contribution in [0.2, 0.25) is 0 Å². The number of hydrogen-bond donors (Lipinski definition) is 1. The van der Waals surface area contributed by atoms with E-state index in [0.717, 1.165) is 29.2 Å². The summed E-state index contributed by atoms with van der Waals surface area (Å²) in [6.07, 6.45) is 6.80. The van der Waals surface area contributed by atoms with Crippen LogP contribution in [0, 0.1) is 0 Å². The van der Waals surface area contributed by atoms with E-state index in [4.69, 9.17) is 4.74 Å². The summed E-state index contributed by atoms with van der Waals surface area (Å²) >= 11 is 3.55. The fourth-order valence-corrected chi connectivity index (χ4v) is 4.07. The normalized spacial score (nSPS) is 27.9. The summed E-state index contributed by atoms with van der Waals surface area (Å²) in [6, 6.07) is 7.88. The molecular formula is C17H23BrN2O. The van der Waals surface area contributed by atoms with Gasteiger partial charge in [-0.1, -0.05) is 15.9 Å². The van der Waals surface area contributed by atoms with Gasteiger partial charge in [0.2, 0.25) is 0 Å². The summed E-state index contributed by atoms with van der Waals surface area (Å²) in [5.41, 5.74) is 1.35. The highest BCUT2D eigenvalue weighted by atomic mass is 79.9. The summed E-state index contributed by atoms with van der Waals surface area (Å²) < 4.78 is 7.30. The number of rotatable bonds is 5. The van der Waals surface area contributed by atoms with Gasteiger partial charge in [-0.25, -0.2) is 0 Å². The van der Waals surface area contributed by atoms with Gasteiger partial charge in [0.05, 0.1) is 0 Å². The third-order valence-electron chi connectivity index (χ3n) is 4.88. The zero-order valence-corrected chi connectivity index (χ0v) is 13.9. The van der Waals surface area contributed by atoms with Crippen molar-refractivity contribution in [3.8, 4) is 5.75 Å². The number of nitrogens with zero attached hydrogens (tertiary/aromatic N) is 1. The standard InChI is InChI=1S/C17H23BrN2O/c18-13-3-6-17-12(8-13)9-16(21-17)11-20(15-4-5-15)10-14-2-1-7-19-14/h3,6,8,14-16,19H,1-2,4-5,7,9-11H2. The second-order valence-electron chi connectivity index (χ2n) is 6.67. The Morgan fingerprint density at radius 3 is 2.90 bits per heavy atom. The second-order valence-corrected chi connectivity index (χ2v) is 7.59. The Balaban J connectivity index is 1.38. The van der Waals surface area contributed by atoms with Crippen molar-refractivity contribution in [2.75, 3.05) is 19.6 Å². The molecule has 1 aromatic rings. The van der Waals surface area contributed by atoms with Crippen molar-refractivity contribution < 1.29 is 4.74 Å². The van der Waals surface area contributed by atoms with E-state index < -0.39 is 0 Å². The van der Waals surface area contributed by atoms with Gasteiger partial charge < -0.3 is 10.1 Å². The lowest BCUT2D eigenvalue weighted by molar-refractivity contribution is 0.137. The largest absolute Gasteiger partial charge is 0.488 e. The molecule has 0 amide bonds. The smallest absolute Gasteiger partial charge is 0.123 e. The molecule has 114 valence electrons. The van der Waals surface area contributed by atoms with Crippen molar-refractivity contribution in [2.24, 2.45) is 0 Å². The van der Waals surface area contributed by atoms with Crippen molar-refractivity contribution in [1.82, 2.24) is 10.2 Å². The molecule has 2 unspecified atom stereocenters. The van der Waals surface area contributed by atoms with E-state index >= 15 is 0 Å². The van der Waals surface area contributed by atoms with Gasteiger partial charge in [0.15, 0.2) is 0 Å². The Hall–Kier alpha value is -0.580. The third-order valence-corrected chi connectivity index (χ3v) is 5.38. The molecule has 4 rings (SSSR count). The first kappa shape index (κ1) is 14.0. The first-order chi connectivity index (χ1) is 10.3. The Bertz CT molecular complexity index is 512. The van der Waals surface area contributed by atoms with Crippen LogP contribution in [0.5, 0.6) is 5.75 Å². The first-order valence-corrected chi connectivity index (χ1v) is 9.00. The lowest BCUT2D eigenvalue weighted by Gasteiger charge is -2.27. The van der Waals surface area contributed by atoms with Gasteiger partial charge in [0.1, 0.15) is 11.9 Å². The zero-order valence-electron chi connectivity index (χ0n) is 12.4. The second kappa shape index (κ2) is 5.90. The lowest BCUT2D eigenvalue weighted by Crippen LogP contribution is -2.43. The molecule has 1 N–H and O–H groups in total. The summed E-state index contributed by atoms with van der Waals surface area (Å²) in [5.74, 6) is 1.08. The molecular weight excluding hydrogens is 328 g/mol. The number of nitrogens with one attached hydrogen (secondary N) is 1. The Labute approximate surface area is 135 Å². The maximum atomic E-state index is 6.15. The van der Waals surface area contributed by atoms with Crippen LogP contribution in [0.25, 0.3) is 0 Å². The lowest BCUT2D eigenvalue weighted by atomic mass is 10.1. The molecule has 0 bridgehead atoms. The van der Waals surface area contributed by atoms with Gasteiger partial charge in [-0.3, -0.25) is 4.90 Å². The van der Waals surface area contributed by atoms with Crippen LogP contribution in [0.3, 0.4) is 0 Å².